The number of amides is 1. The van der Waals surface area contributed by atoms with Gasteiger partial charge in [0, 0.05) is 19.4 Å². The predicted molar refractivity (Wildman–Crippen MR) is 58.1 cm³/mol. The monoisotopic (exact) mass is 229 g/mol. The van der Waals surface area contributed by atoms with E-state index >= 15 is 0 Å². The van der Waals surface area contributed by atoms with Crippen molar-refractivity contribution in [2.24, 2.45) is 0 Å². The number of carbonyl (C=O) groups is 2. The number of carboxylic acid groups (broad SMARTS) is 1. The summed E-state index contributed by atoms with van der Waals surface area (Å²) in [6.07, 6.45) is 3.70. The minimum absolute atomic E-state index is 0.000823. The average Bonchev–Trinajstić information content (AvgIpc) is 2.25. The van der Waals surface area contributed by atoms with E-state index in [1.165, 1.54) is 0 Å². The summed E-state index contributed by atoms with van der Waals surface area (Å²) in [5.41, 5.74) is 0. The van der Waals surface area contributed by atoms with Gasteiger partial charge in [0.2, 0.25) is 5.91 Å². The summed E-state index contributed by atoms with van der Waals surface area (Å²) in [6.45, 7) is 1.38. The van der Waals surface area contributed by atoms with Crippen molar-refractivity contribution in [1.29, 1.82) is 0 Å². The average molecular weight is 229 g/mol. The van der Waals surface area contributed by atoms with Crippen LogP contribution in [0, 0.1) is 0 Å². The third-order valence-corrected chi connectivity index (χ3v) is 2.57. The largest absolute Gasteiger partial charge is 0.481 e. The van der Waals surface area contributed by atoms with Crippen LogP contribution >= 0.6 is 0 Å². The van der Waals surface area contributed by atoms with Crippen molar-refractivity contribution in [1.82, 2.24) is 5.32 Å². The van der Waals surface area contributed by atoms with Gasteiger partial charge in [0.05, 0.1) is 12.6 Å². The first-order valence-electron chi connectivity index (χ1n) is 5.77. The smallest absolute Gasteiger partial charge is 0.303 e. The maximum Gasteiger partial charge on any atom is 0.303 e. The van der Waals surface area contributed by atoms with E-state index in [1.54, 1.807) is 0 Å². The fraction of sp³-hybridized carbons (Fsp3) is 0.818. The summed E-state index contributed by atoms with van der Waals surface area (Å²) in [7, 11) is 0. The van der Waals surface area contributed by atoms with Crippen LogP contribution in [0.3, 0.4) is 0 Å². The van der Waals surface area contributed by atoms with E-state index in [2.05, 4.69) is 5.32 Å². The minimum atomic E-state index is -0.805. The van der Waals surface area contributed by atoms with Gasteiger partial charge < -0.3 is 15.2 Å². The summed E-state index contributed by atoms with van der Waals surface area (Å²) in [6, 6.07) is 0.140. The van der Waals surface area contributed by atoms with Crippen molar-refractivity contribution in [3.63, 3.8) is 0 Å². The highest BCUT2D eigenvalue weighted by molar-refractivity contribution is 5.76. The van der Waals surface area contributed by atoms with Crippen molar-refractivity contribution >= 4 is 11.9 Å². The second-order valence-electron chi connectivity index (χ2n) is 4.08. The molecule has 0 radical (unpaired) electrons. The van der Waals surface area contributed by atoms with Gasteiger partial charge in [-0.05, 0) is 25.7 Å². The van der Waals surface area contributed by atoms with Crippen molar-refractivity contribution in [3.8, 4) is 0 Å². The van der Waals surface area contributed by atoms with Crippen LogP contribution in [0.1, 0.15) is 38.5 Å². The van der Waals surface area contributed by atoms with Crippen LogP contribution < -0.4 is 5.32 Å². The first-order chi connectivity index (χ1) is 7.68. The lowest BCUT2D eigenvalue weighted by Crippen LogP contribution is -2.40. The Bertz CT molecular complexity index is 236. The van der Waals surface area contributed by atoms with Crippen LogP contribution in [0.4, 0.5) is 0 Å². The summed E-state index contributed by atoms with van der Waals surface area (Å²) in [5.74, 6) is -0.804. The van der Waals surface area contributed by atoms with Gasteiger partial charge in [0.1, 0.15) is 0 Å². The molecule has 0 aromatic carbocycles. The number of unbranched alkanes of at least 4 members (excludes halogenated alkanes) is 1. The van der Waals surface area contributed by atoms with Gasteiger partial charge in [-0.3, -0.25) is 9.59 Å². The zero-order valence-corrected chi connectivity index (χ0v) is 9.41. The second kappa shape index (κ2) is 7.22. The Hall–Kier alpha value is -1.10. The van der Waals surface area contributed by atoms with E-state index in [9.17, 15) is 9.59 Å². The normalized spacial score (nSPS) is 20.4. The first kappa shape index (κ1) is 13.0. The van der Waals surface area contributed by atoms with Crippen LogP contribution in [-0.4, -0.2) is 36.2 Å². The molecule has 1 heterocycles. The lowest BCUT2D eigenvalue weighted by atomic mass is 10.1. The molecule has 0 aliphatic carbocycles. The Balaban J connectivity index is 2.03. The van der Waals surface area contributed by atoms with Crippen LogP contribution in [0.25, 0.3) is 0 Å². The van der Waals surface area contributed by atoms with Gasteiger partial charge in [0.25, 0.3) is 0 Å². The van der Waals surface area contributed by atoms with Crippen LogP contribution in [0.2, 0.25) is 0 Å². The van der Waals surface area contributed by atoms with Gasteiger partial charge in [-0.25, -0.2) is 0 Å². The number of hydrogen-bond donors (Lipinski definition) is 2. The molecule has 1 unspecified atom stereocenters. The number of carboxylic acids is 1. The molecule has 92 valence electrons. The maximum absolute atomic E-state index is 11.4. The molecule has 0 saturated carbocycles. The Labute approximate surface area is 95.2 Å². The third kappa shape index (κ3) is 5.70. The lowest BCUT2D eigenvalue weighted by molar-refractivity contribution is -0.137. The highest BCUT2D eigenvalue weighted by atomic mass is 16.5. The van der Waals surface area contributed by atoms with Crippen molar-refractivity contribution in [2.45, 2.75) is 44.6 Å². The molecule has 1 atom stereocenters. The molecule has 1 fully saturated rings. The Morgan fingerprint density at radius 1 is 1.31 bits per heavy atom. The third-order valence-electron chi connectivity index (χ3n) is 2.57. The lowest BCUT2D eigenvalue weighted by Gasteiger charge is -2.23. The van der Waals surface area contributed by atoms with E-state index < -0.39 is 5.97 Å². The Kier molecular flexibility index (Phi) is 5.85. The van der Waals surface area contributed by atoms with E-state index in [0.29, 0.717) is 25.9 Å². The fourth-order valence-electron chi connectivity index (χ4n) is 1.72. The topological polar surface area (TPSA) is 75.6 Å². The maximum atomic E-state index is 11.4. The van der Waals surface area contributed by atoms with Crippen LogP contribution in [-0.2, 0) is 14.3 Å². The Morgan fingerprint density at radius 2 is 2.06 bits per heavy atom. The molecule has 2 N–H and O–H groups in total. The molecule has 5 nitrogen and oxygen atoms in total. The zero-order valence-electron chi connectivity index (χ0n) is 9.41. The SMILES string of the molecule is O=C(O)CCCCC(=O)NC1CCCOC1. The number of nitrogens with one attached hydrogen (secondary N) is 1. The molecule has 1 saturated heterocycles. The summed E-state index contributed by atoms with van der Waals surface area (Å²) >= 11 is 0. The van der Waals surface area contributed by atoms with Gasteiger partial charge in [-0.2, -0.15) is 0 Å². The predicted octanol–water partition coefficient (Wildman–Crippen LogP) is 0.927. The molecule has 0 aromatic rings. The second-order valence-corrected chi connectivity index (χ2v) is 4.08. The number of rotatable bonds is 6. The van der Waals surface area contributed by atoms with E-state index in [1.807, 2.05) is 0 Å². The van der Waals surface area contributed by atoms with Gasteiger partial charge in [-0.1, -0.05) is 0 Å². The summed E-state index contributed by atoms with van der Waals surface area (Å²) < 4.78 is 5.25. The van der Waals surface area contributed by atoms with Gasteiger partial charge >= 0.3 is 5.97 Å². The first-order valence-corrected chi connectivity index (χ1v) is 5.77. The number of aliphatic carboxylic acids is 1. The fourth-order valence-corrected chi connectivity index (χ4v) is 1.72. The van der Waals surface area contributed by atoms with Crippen molar-refractivity contribution in [3.05, 3.63) is 0 Å². The van der Waals surface area contributed by atoms with E-state index in [0.717, 1.165) is 19.4 Å². The van der Waals surface area contributed by atoms with Crippen molar-refractivity contribution < 1.29 is 19.4 Å². The molecule has 0 aromatic heterocycles. The van der Waals surface area contributed by atoms with Crippen LogP contribution in [0.15, 0.2) is 0 Å². The molecule has 1 aliphatic rings. The highest BCUT2D eigenvalue weighted by Gasteiger charge is 2.15. The quantitative estimate of drug-likeness (QED) is 0.664. The zero-order chi connectivity index (χ0) is 11.8. The molecule has 1 amide bonds. The Morgan fingerprint density at radius 3 is 2.69 bits per heavy atom. The van der Waals surface area contributed by atoms with Gasteiger partial charge in [-0.15, -0.1) is 0 Å². The number of hydrogen-bond acceptors (Lipinski definition) is 3. The molecular formula is C11H19NO4. The molecule has 16 heavy (non-hydrogen) atoms. The van der Waals surface area contributed by atoms with Gasteiger partial charge in [0.15, 0.2) is 0 Å². The highest BCUT2D eigenvalue weighted by Crippen LogP contribution is 2.07. The molecular weight excluding hydrogens is 210 g/mol. The molecule has 5 heteroatoms. The van der Waals surface area contributed by atoms with E-state index in [-0.39, 0.29) is 18.4 Å². The number of carbonyl (C=O) groups excluding carboxylic acids is 1. The summed E-state index contributed by atoms with van der Waals surface area (Å²) in [4.78, 5) is 21.7. The molecule has 0 bridgehead atoms. The summed E-state index contributed by atoms with van der Waals surface area (Å²) in [5, 5.41) is 11.3. The minimum Gasteiger partial charge on any atom is -0.481 e. The van der Waals surface area contributed by atoms with Crippen molar-refractivity contribution in [2.75, 3.05) is 13.2 Å². The molecule has 1 rings (SSSR count). The standard InChI is InChI=1S/C11H19NO4/c13-10(5-1-2-6-11(14)15)12-9-4-3-7-16-8-9/h9H,1-8H2,(H,12,13)(H,14,15). The van der Waals surface area contributed by atoms with E-state index in [4.69, 9.17) is 9.84 Å². The van der Waals surface area contributed by atoms with Crippen LogP contribution in [0.5, 0.6) is 0 Å². The number of ether oxygens (including phenoxy) is 1. The molecule has 0 spiro atoms. The molecule has 1 aliphatic heterocycles.